The highest BCUT2D eigenvalue weighted by Gasteiger charge is 2.27. The molecule has 2 amide bonds. The Hall–Kier alpha value is -1.98. The Balaban J connectivity index is 1.54. The Morgan fingerprint density at radius 3 is 2.47 bits per heavy atom. The van der Waals surface area contributed by atoms with Crippen molar-refractivity contribution in [1.29, 1.82) is 0 Å². The van der Waals surface area contributed by atoms with Crippen LogP contribution in [0, 0.1) is 0 Å². The molecular weight excluding hydrogens is 440 g/mol. The van der Waals surface area contributed by atoms with Crippen LogP contribution in [0.25, 0.3) is 0 Å². The summed E-state index contributed by atoms with van der Waals surface area (Å²) in [5.74, 6) is 0.864. The molecule has 2 aromatic rings. The molecule has 6 heteroatoms. The Labute approximate surface area is 201 Å². The lowest BCUT2D eigenvalue weighted by Gasteiger charge is -2.30. The fraction of sp³-hybridized carbons (Fsp3) is 0.462. The number of hydrogen-bond acceptors (Lipinski definition) is 3. The second-order valence-electron chi connectivity index (χ2n) is 8.39. The van der Waals surface area contributed by atoms with Crippen LogP contribution in [-0.2, 0) is 16.0 Å². The molecule has 0 heterocycles. The number of amides is 2. The number of nitrogens with one attached hydrogen (secondary N) is 1. The van der Waals surface area contributed by atoms with Gasteiger partial charge in [0.1, 0.15) is 6.04 Å². The van der Waals surface area contributed by atoms with Crippen molar-refractivity contribution < 1.29 is 9.59 Å². The number of carbonyl (C=O) groups excluding carboxylic acids is 2. The summed E-state index contributed by atoms with van der Waals surface area (Å²) in [7, 11) is 0. The monoisotopic (exact) mass is 472 g/mol. The Kier molecular flexibility index (Phi) is 9.94. The molecule has 172 valence electrons. The second kappa shape index (κ2) is 12.9. The van der Waals surface area contributed by atoms with E-state index in [1.165, 1.54) is 18.4 Å². The first-order chi connectivity index (χ1) is 15.5. The molecule has 0 aliphatic heterocycles. The van der Waals surface area contributed by atoms with Crippen molar-refractivity contribution >= 4 is 35.2 Å². The fourth-order valence-electron chi connectivity index (χ4n) is 4.05. The summed E-state index contributed by atoms with van der Waals surface area (Å²) in [5, 5.41) is 3.88. The van der Waals surface area contributed by atoms with Gasteiger partial charge < -0.3 is 10.2 Å². The van der Waals surface area contributed by atoms with Crippen molar-refractivity contribution in [1.82, 2.24) is 10.2 Å². The molecule has 1 aliphatic rings. The second-order valence-corrected chi connectivity index (χ2v) is 10.00. The number of nitrogens with zero attached hydrogens (tertiary/aromatic N) is 1. The minimum Gasteiger partial charge on any atom is -0.352 e. The van der Waals surface area contributed by atoms with Crippen LogP contribution < -0.4 is 5.32 Å². The van der Waals surface area contributed by atoms with Gasteiger partial charge in [0, 0.05) is 28.9 Å². The predicted molar refractivity (Wildman–Crippen MR) is 133 cm³/mol. The van der Waals surface area contributed by atoms with E-state index >= 15 is 0 Å². The van der Waals surface area contributed by atoms with E-state index in [9.17, 15) is 9.59 Å². The van der Waals surface area contributed by atoms with E-state index in [0.29, 0.717) is 13.0 Å². The molecule has 1 saturated carbocycles. The lowest BCUT2D eigenvalue weighted by molar-refractivity contribution is -0.140. The van der Waals surface area contributed by atoms with E-state index < -0.39 is 6.04 Å². The van der Waals surface area contributed by atoms with Crippen molar-refractivity contribution in [3.05, 3.63) is 65.2 Å². The number of thioether (sulfide) groups is 1. The third-order valence-electron chi connectivity index (χ3n) is 5.97. The zero-order chi connectivity index (χ0) is 22.8. The van der Waals surface area contributed by atoms with Crippen molar-refractivity contribution in [3.63, 3.8) is 0 Å². The first-order valence-electron chi connectivity index (χ1n) is 11.5. The first-order valence-corrected chi connectivity index (χ1v) is 12.9. The summed E-state index contributed by atoms with van der Waals surface area (Å²) in [6.07, 6.45) is 6.37. The molecule has 0 saturated heterocycles. The highest BCUT2D eigenvalue weighted by atomic mass is 35.5. The van der Waals surface area contributed by atoms with E-state index in [2.05, 4.69) is 17.4 Å². The van der Waals surface area contributed by atoms with Crippen molar-refractivity contribution in [2.24, 2.45) is 0 Å². The summed E-state index contributed by atoms with van der Waals surface area (Å²) in [6, 6.07) is 17.7. The SMILES string of the molecule is C[C@@H](C(=O)NC1CCCC1)N(CCc1ccccc1)C(=O)CCCSc1ccc(Cl)cc1. The lowest BCUT2D eigenvalue weighted by Crippen LogP contribution is -2.50. The zero-order valence-corrected chi connectivity index (χ0v) is 20.3. The van der Waals surface area contributed by atoms with Crippen LogP contribution in [0.3, 0.4) is 0 Å². The quantitative estimate of drug-likeness (QED) is 0.335. The number of hydrogen-bond donors (Lipinski definition) is 1. The molecule has 0 bridgehead atoms. The van der Waals surface area contributed by atoms with Crippen LogP contribution in [0.4, 0.5) is 0 Å². The molecule has 1 aliphatic carbocycles. The molecule has 4 nitrogen and oxygen atoms in total. The normalized spacial score (nSPS) is 14.8. The van der Waals surface area contributed by atoms with Gasteiger partial charge in [0.2, 0.25) is 11.8 Å². The molecule has 0 radical (unpaired) electrons. The predicted octanol–water partition coefficient (Wildman–Crippen LogP) is 5.73. The summed E-state index contributed by atoms with van der Waals surface area (Å²) in [6.45, 7) is 2.40. The van der Waals surface area contributed by atoms with Crippen LogP contribution in [0.1, 0.15) is 51.0 Å². The molecule has 0 spiro atoms. The summed E-state index contributed by atoms with van der Waals surface area (Å²) in [5.41, 5.74) is 1.17. The van der Waals surface area contributed by atoms with Crippen molar-refractivity contribution in [2.45, 2.75) is 68.8 Å². The molecule has 32 heavy (non-hydrogen) atoms. The van der Waals surface area contributed by atoms with E-state index in [4.69, 9.17) is 11.6 Å². The molecule has 0 aromatic heterocycles. The standard InChI is InChI=1S/C26H33ClN2O2S/c1-20(26(31)28-23-10-5-6-11-23)29(18-17-21-8-3-2-4-9-21)25(30)12-7-19-32-24-15-13-22(27)14-16-24/h2-4,8-9,13-16,20,23H,5-7,10-12,17-19H2,1H3,(H,28,31)/t20-/m0/s1. The van der Waals surface area contributed by atoms with Gasteiger partial charge in [0.05, 0.1) is 0 Å². The molecule has 1 fully saturated rings. The van der Waals surface area contributed by atoms with Gasteiger partial charge in [-0.3, -0.25) is 9.59 Å². The highest BCUT2D eigenvalue weighted by molar-refractivity contribution is 7.99. The van der Waals surface area contributed by atoms with Gasteiger partial charge in [-0.2, -0.15) is 0 Å². The Morgan fingerprint density at radius 1 is 1.09 bits per heavy atom. The van der Waals surface area contributed by atoms with Gasteiger partial charge in [-0.05, 0) is 68.2 Å². The maximum atomic E-state index is 13.1. The van der Waals surface area contributed by atoms with Crippen LogP contribution in [0.5, 0.6) is 0 Å². The van der Waals surface area contributed by atoms with Crippen molar-refractivity contribution in [2.75, 3.05) is 12.3 Å². The van der Waals surface area contributed by atoms with Gasteiger partial charge in [0.15, 0.2) is 0 Å². The third kappa shape index (κ3) is 7.86. The maximum Gasteiger partial charge on any atom is 0.242 e. The van der Waals surface area contributed by atoms with Crippen LogP contribution in [0.15, 0.2) is 59.5 Å². The summed E-state index contributed by atoms with van der Waals surface area (Å²) in [4.78, 5) is 28.9. The lowest BCUT2D eigenvalue weighted by atomic mass is 10.1. The smallest absolute Gasteiger partial charge is 0.242 e. The topological polar surface area (TPSA) is 49.4 Å². The first kappa shape index (κ1) is 24.7. The Morgan fingerprint density at radius 2 is 1.78 bits per heavy atom. The Bertz CT molecular complexity index is 854. The fourth-order valence-corrected chi connectivity index (χ4v) is 5.03. The minimum atomic E-state index is -0.462. The highest BCUT2D eigenvalue weighted by Crippen LogP contribution is 2.22. The van der Waals surface area contributed by atoms with Gasteiger partial charge in [-0.1, -0.05) is 54.8 Å². The number of rotatable bonds is 11. The van der Waals surface area contributed by atoms with E-state index in [0.717, 1.165) is 41.4 Å². The van der Waals surface area contributed by atoms with Gasteiger partial charge in [-0.15, -0.1) is 11.8 Å². The van der Waals surface area contributed by atoms with E-state index in [1.54, 1.807) is 16.7 Å². The average Bonchev–Trinajstić information content (AvgIpc) is 3.31. The minimum absolute atomic E-state index is 0.0335. The average molecular weight is 473 g/mol. The van der Waals surface area contributed by atoms with Crippen LogP contribution >= 0.6 is 23.4 Å². The zero-order valence-electron chi connectivity index (χ0n) is 18.8. The van der Waals surface area contributed by atoms with Crippen LogP contribution in [0.2, 0.25) is 5.02 Å². The number of carbonyl (C=O) groups is 2. The molecule has 1 N–H and O–H groups in total. The third-order valence-corrected chi connectivity index (χ3v) is 7.32. The maximum absolute atomic E-state index is 13.1. The van der Waals surface area contributed by atoms with E-state index in [-0.39, 0.29) is 17.9 Å². The molecule has 1 atom stereocenters. The molecule has 2 aromatic carbocycles. The number of halogens is 1. The molecular formula is C26H33ClN2O2S. The summed E-state index contributed by atoms with van der Waals surface area (Å²) < 4.78 is 0. The summed E-state index contributed by atoms with van der Waals surface area (Å²) >= 11 is 7.66. The molecule has 3 rings (SSSR count). The molecule has 0 unspecified atom stereocenters. The number of benzene rings is 2. The largest absolute Gasteiger partial charge is 0.352 e. The van der Waals surface area contributed by atoms with Gasteiger partial charge in [0.25, 0.3) is 0 Å². The van der Waals surface area contributed by atoms with Crippen molar-refractivity contribution in [3.8, 4) is 0 Å². The van der Waals surface area contributed by atoms with Crippen LogP contribution in [-0.4, -0.2) is 41.1 Å². The van der Waals surface area contributed by atoms with Gasteiger partial charge in [-0.25, -0.2) is 0 Å². The van der Waals surface area contributed by atoms with Gasteiger partial charge >= 0.3 is 0 Å². The van der Waals surface area contributed by atoms with E-state index in [1.807, 2.05) is 49.4 Å².